The van der Waals surface area contributed by atoms with Gasteiger partial charge >= 0.3 is 6.61 Å². The van der Waals surface area contributed by atoms with E-state index in [1.54, 1.807) is 12.1 Å². The van der Waals surface area contributed by atoms with Crippen molar-refractivity contribution in [3.8, 4) is 5.88 Å². The zero-order chi connectivity index (χ0) is 10.6. The molecule has 0 radical (unpaired) electrons. The third-order valence-electron chi connectivity index (χ3n) is 1.42. The third kappa shape index (κ3) is 3.16. The molecule has 3 nitrogen and oxygen atoms in total. The van der Waals surface area contributed by atoms with E-state index >= 15 is 0 Å². The molecule has 0 aliphatic carbocycles. The number of hydrogen-bond donors (Lipinski definition) is 1. The maximum absolute atomic E-state index is 11.9. The van der Waals surface area contributed by atoms with Crippen molar-refractivity contribution in [2.75, 3.05) is 5.32 Å². The number of hydrogen-bond acceptors (Lipinski definition) is 3. The van der Waals surface area contributed by atoms with Gasteiger partial charge in [0.05, 0.1) is 5.69 Å². The number of anilines is 1. The standard InChI is InChI=1S/C9H12F2N2O/c1-6(2)13-7-4-3-5-12-8(7)14-9(10)11/h3-6,9,13H,1-2H3. The molecular formula is C9H12F2N2O. The summed E-state index contributed by atoms with van der Waals surface area (Å²) in [5, 5.41) is 2.96. The van der Waals surface area contributed by atoms with Crippen LogP contribution < -0.4 is 10.1 Å². The van der Waals surface area contributed by atoms with Gasteiger partial charge in [0.25, 0.3) is 0 Å². The fourth-order valence-corrected chi connectivity index (χ4v) is 0.990. The fraction of sp³-hybridized carbons (Fsp3) is 0.444. The first-order valence-electron chi connectivity index (χ1n) is 4.26. The molecule has 5 heteroatoms. The van der Waals surface area contributed by atoms with Gasteiger partial charge in [0.15, 0.2) is 0 Å². The first-order valence-corrected chi connectivity index (χ1v) is 4.26. The Labute approximate surface area is 81.1 Å². The second-order valence-corrected chi connectivity index (χ2v) is 3.03. The predicted molar refractivity (Wildman–Crippen MR) is 49.6 cm³/mol. The van der Waals surface area contributed by atoms with Gasteiger partial charge in [0, 0.05) is 12.2 Å². The van der Waals surface area contributed by atoms with Gasteiger partial charge in [-0.05, 0) is 26.0 Å². The van der Waals surface area contributed by atoms with E-state index in [0.717, 1.165) is 0 Å². The molecule has 0 atom stereocenters. The van der Waals surface area contributed by atoms with Crippen LogP contribution >= 0.6 is 0 Å². The van der Waals surface area contributed by atoms with E-state index in [1.165, 1.54) is 6.20 Å². The van der Waals surface area contributed by atoms with Gasteiger partial charge in [-0.3, -0.25) is 0 Å². The highest BCUT2D eigenvalue weighted by Gasteiger charge is 2.10. The minimum Gasteiger partial charge on any atom is -0.415 e. The van der Waals surface area contributed by atoms with Crippen molar-refractivity contribution in [2.24, 2.45) is 0 Å². The monoisotopic (exact) mass is 202 g/mol. The summed E-state index contributed by atoms with van der Waals surface area (Å²) in [4.78, 5) is 3.71. The maximum atomic E-state index is 11.9. The Morgan fingerprint density at radius 2 is 2.14 bits per heavy atom. The van der Waals surface area contributed by atoms with E-state index in [1.807, 2.05) is 13.8 Å². The molecule has 0 saturated carbocycles. The van der Waals surface area contributed by atoms with Crippen molar-refractivity contribution >= 4 is 5.69 Å². The summed E-state index contributed by atoms with van der Waals surface area (Å²) >= 11 is 0. The second-order valence-electron chi connectivity index (χ2n) is 3.03. The Balaban J connectivity index is 2.80. The number of aromatic nitrogens is 1. The Kier molecular flexibility index (Phi) is 3.62. The molecule has 0 spiro atoms. The molecule has 0 unspecified atom stereocenters. The molecule has 78 valence electrons. The van der Waals surface area contributed by atoms with Gasteiger partial charge in [-0.1, -0.05) is 0 Å². The molecule has 1 aromatic rings. The van der Waals surface area contributed by atoms with Crippen LogP contribution in [0.1, 0.15) is 13.8 Å². The number of rotatable bonds is 4. The van der Waals surface area contributed by atoms with Crippen LogP contribution in [-0.2, 0) is 0 Å². The van der Waals surface area contributed by atoms with Crippen molar-refractivity contribution in [3.63, 3.8) is 0 Å². The predicted octanol–water partition coefficient (Wildman–Crippen LogP) is 2.50. The lowest BCUT2D eigenvalue weighted by atomic mass is 10.3. The lowest BCUT2D eigenvalue weighted by molar-refractivity contribution is -0.0523. The summed E-state index contributed by atoms with van der Waals surface area (Å²) in [6, 6.07) is 3.44. The fourth-order valence-electron chi connectivity index (χ4n) is 0.990. The van der Waals surface area contributed by atoms with E-state index in [2.05, 4.69) is 15.0 Å². The van der Waals surface area contributed by atoms with Crippen molar-refractivity contribution < 1.29 is 13.5 Å². The normalized spacial score (nSPS) is 10.7. The van der Waals surface area contributed by atoms with E-state index in [-0.39, 0.29) is 11.9 Å². The van der Waals surface area contributed by atoms with Gasteiger partial charge in [-0.2, -0.15) is 8.78 Å². The Hall–Kier alpha value is -1.39. The van der Waals surface area contributed by atoms with Crippen LogP contribution in [0.25, 0.3) is 0 Å². The summed E-state index contributed by atoms with van der Waals surface area (Å²) in [5.41, 5.74) is 0.475. The average Bonchev–Trinajstić information content (AvgIpc) is 2.06. The number of ether oxygens (including phenoxy) is 1. The summed E-state index contributed by atoms with van der Waals surface area (Å²) in [6.07, 6.45) is 1.41. The topological polar surface area (TPSA) is 34.2 Å². The lowest BCUT2D eigenvalue weighted by Gasteiger charge is -2.13. The molecule has 0 saturated heterocycles. The summed E-state index contributed by atoms with van der Waals surface area (Å²) in [5.74, 6) is -0.0730. The van der Waals surface area contributed by atoms with Crippen molar-refractivity contribution in [2.45, 2.75) is 26.5 Å². The molecule has 1 aromatic heterocycles. The molecule has 0 fully saturated rings. The zero-order valence-corrected chi connectivity index (χ0v) is 8.00. The SMILES string of the molecule is CC(C)Nc1cccnc1OC(F)F. The first-order chi connectivity index (χ1) is 6.59. The lowest BCUT2D eigenvalue weighted by Crippen LogP contribution is -2.13. The van der Waals surface area contributed by atoms with Crippen LogP contribution in [0.3, 0.4) is 0 Å². The van der Waals surface area contributed by atoms with Gasteiger partial charge in [-0.25, -0.2) is 4.98 Å². The number of pyridine rings is 1. The van der Waals surface area contributed by atoms with Crippen LogP contribution in [0, 0.1) is 0 Å². The van der Waals surface area contributed by atoms with E-state index in [0.29, 0.717) is 5.69 Å². The Morgan fingerprint density at radius 3 is 2.71 bits per heavy atom. The summed E-state index contributed by atoms with van der Waals surface area (Å²) < 4.78 is 28.1. The van der Waals surface area contributed by atoms with Gasteiger partial charge in [-0.15, -0.1) is 0 Å². The van der Waals surface area contributed by atoms with E-state index in [4.69, 9.17) is 0 Å². The molecule has 0 bridgehead atoms. The molecule has 1 rings (SSSR count). The molecule has 0 aliphatic rings. The molecule has 0 aromatic carbocycles. The van der Waals surface area contributed by atoms with Gasteiger partial charge < -0.3 is 10.1 Å². The smallest absolute Gasteiger partial charge is 0.388 e. The maximum Gasteiger partial charge on any atom is 0.388 e. The van der Waals surface area contributed by atoms with Crippen molar-refractivity contribution in [1.82, 2.24) is 4.98 Å². The average molecular weight is 202 g/mol. The number of nitrogens with zero attached hydrogens (tertiary/aromatic N) is 1. The highest BCUT2D eigenvalue weighted by Crippen LogP contribution is 2.22. The highest BCUT2D eigenvalue weighted by molar-refractivity contribution is 5.52. The summed E-state index contributed by atoms with van der Waals surface area (Å²) in [7, 11) is 0. The molecular weight excluding hydrogens is 190 g/mol. The van der Waals surface area contributed by atoms with Crippen LogP contribution in [0.5, 0.6) is 5.88 Å². The number of alkyl halides is 2. The van der Waals surface area contributed by atoms with Gasteiger partial charge in [0.1, 0.15) is 0 Å². The van der Waals surface area contributed by atoms with Crippen LogP contribution in [0.15, 0.2) is 18.3 Å². The van der Waals surface area contributed by atoms with E-state index < -0.39 is 6.61 Å². The highest BCUT2D eigenvalue weighted by atomic mass is 19.3. The second kappa shape index (κ2) is 4.74. The molecule has 14 heavy (non-hydrogen) atoms. The Bertz CT molecular complexity index is 263. The Morgan fingerprint density at radius 1 is 1.43 bits per heavy atom. The molecule has 1 N–H and O–H groups in total. The quantitative estimate of drug-likeness (QED) is 0.814. The van der Waals surface area contributed by atoms with E-state index in [9.17, 15) is 8.78 Å². The minimum atomic E-state index is -2.85. The van der Waals surface area contributed by atoms with Crippen molar-refractivity contribution in [3.05, 3.63) is 18.3 Å². The van der Waals surface area contributed by atoms with Crippen molar-refractivity contribution in [1.29, 1.82) is 0 Å². The first kappa shape index (κ1) is 10.7. The van der Waals surface area contributed by atoms with Gasteiger partial charge in [0.2, 0.25) is 5.88 Å². The largest absolute Gasteiger partial charge is 0.415 e. The van der Waals surface area contributed by atoms with Crippen LogP contribution in [-0.4, -0.2) is 17.6 Å². The van der Waals surface area contributed by atoms with Crippen LogP contribution in [0.2, 0.25) is 0 Å². The third-order valence-corrected chi connectivity index (χ3v) is 1.42. The van der Waals surface area contributed by atoms with Crippen LogP contribution in [0.4, 0.5) is 14.5 Å². The zero-order valence-electron chi connectivity index (χ0n) is 8.00. The molecule has 0 amide bonds. The number of nitrogens with one attached hydrogen (secondary N) is 1. The number of halogens is 2. The summed E-state index contributed by atoms with van der Waals surface area (Å²) in [6.45, 7) is 0.954. The molecule has 0 aliphatic heterocycles. The molecule has 1 heterocycles. The minimum absolute atomic E-state index is 0.0730.